The molecule has 0 aliphatic heterocycles. The zero-order chi connectivity index (χ0) is 13.1. The van der Waals surface area contributed by atoms with Crippen molar-refractivity contribution in [3.8, 4) is 11.5 Å². The van der Waals surface area contributed by atoms with E-state index in [2.05, 4.69) is 20.9 Å². The van der Waals surface area contributed by atoms with Crippen LogP contribution in [0.5, 0.6) is 11.5 Å². The second kappa shape index (κ2) is 5.14. The van der Waals surface area contributed by atoms with E-state index in [1.54, 1.807) is 12.1 Å². The average molecular weight is 310 g/mol. The molecule has 0 bridgehead atoms. The largest absolute Gasteiger partial charge is 0.455 e. The summed E-state index contributed by atoms with van der Waals surface area (Å²) in [7, 11) is 0. The van der Waals surface area contributed by atoms with Gasteiger partial charge in [-0.25, -0.2) is 9.37 Å². The maximum atomic E-state index is 12.9. The van der Waals surface area contributed by atoms with Crippen LogP contribution >= 0.6 is 15.9 Å². The van der Waals surface area contributed by atoms with Crippen LogP contribution in [0.15, 0.2) is 41.0 Å². The Morgan fingerprint density at radius 1 is 1.33 bits per heavy atom. The van der Waals surface area contributed by atoms with Crippen molar-refractivity contribution in [1.82, 2.24) is 4.98 Å². The summed E-state index contributed by atoms with van der Waals surface area (Å²) in [5.41, 5.74) is 5.66. The van der Waals surface area contributed by atoms with Crippen molar-refractivity contribution < 1.29 is 9.13 Å². The number of hydrogen-bond acceptors (Lipinski definition) is 3. The first-order valence-corrected chi connectivity index (χ1v) is 5.79. The summed E-state index contributed by atoms with van der Waals surface area (Å²) in [6, 6.07) is 7.34. The summed E-state index contributed by atoms with van der Waals surface area (Å²) in [5, 5.41) is 7.21. The average Bonchev–Trinajstić information content (AvgIpc) is 2.33. The number of amidine groups is 1. The fourth-order valence-electron chi connectivity index (χ4n) is 1.28. The number of hydrogen-bond donors (Lipinski definition) is 2. The van der Waals surface area contributed by atoms with E-state index in [0.29, 0.717) is 21.7 Å². The van der Waals surface area contributed by atoms with Crippen LogP contribution in [-0.2, 0) is 0 Å². The zero-order valence-electron chi connectivity index (χ0n) is 9.15. The Kier molecular flexibility index (Phi) is 3.57. The van der Waals surface area contributed by atoms with Crippen molar-refractivity contribution in [3.05, 3.63) is 52.5 Å². The molecule has 1 aromatic heterocycles. The van der Waals surface area contributed by atoms with Gasteiger partial charge in [-0.15, -0.1) is 0 Å². The maximum Gasteiger partial charge on any atom is 0.145 e. The first-order valence-electron chi connectivity index (χ1n) is 4.99. The highest BCUT2D eigenvalue weighted by Crippen LogP contribution is 2.29. The van der Waals surface area contributed by atoms with E-state index in [1.165, 1.54) is 24.4 Å². The number of rotatable bonds is 3. The van der Waals surface area contributed by atoms with Crippen LogP contribution in [0.2, 0.25) is 0 Å². The Morgan fingerprint density at radius 2 is 2.11 bits per heavy atom. The standard InChI is InChI=1S/C12H9BrFN3O/c13-9-5-7(14)1-4-11(9)18-8-2-3-10(12(15)16)17-6-8/h1-6H,(H3,15,16). The lowest BCUT2D eigenvalue weighted by molar-refractivity contribution is 0.475. The van der Waals surface area contributed by atoms with Crippen LogP contribution < -0.4 is 10.5 Å². The Bertz CT molecular complexity index is 586. The lowest BCUT2D eigenvalue weighted by Crippen LogP contribution is -2.12. The molecule has 0 saturated heterocycles. The summed E-state index contributed by atoms with van der Waals surface area (Å²) in [6.07, 6.45) is 1.45. The Balaban J connectivity index is 2.21. The Morgan fingerprint density at radius 3 is 2.67 bits per heavy atom. The molecule has 18 heavy (non-hydrogen) atoms. The van der Waals surface area contributed by atoms with Crippen molar-refractivity contribution in [2.45, 2.75) is 0 Å². The van der Waals surface area contributed by atoms with Crippen LogP contribution in [0, 0.1) is 11.2 Å². The highest BCUT2D eigenvalue weighted by molar-refractivity contribution is 9.10. The van der Waals surface area contributed by atoms with E-state index in [1.807, 2.05) is 0 Å². The molecule has 2 aromatic rings. The summed E-state index contributed by atoms with van der Waals surface area (Å²) in [4.78, 5) is 3.96. The van der Waals surface area contributed by atoms with Crippen LogP contribution in [0.25, 0.3) is 0 Å². The fraction of sp³-hybridized carbons (Fsp3) is 0. The van der Waals surface area contributed by atoms with Gasteiger partial charge in [-0.1, -0.05) is 0 Å². The molecular formula is C12H9BrFN3O. The van der Waals surface area contributed by atoms with Crippen molar-refractivity contribution in [2.24, 2.45) is 5.73 Å². The molecule has 3 N–H and O–H groups in total. The van der Waals surface area contributed by atoms with Gasteiger partial charge >= 0.3 is 0 Å². The van der Waals surface area contributed by atoms with E-state index in [9.17, 15) is 4.39 Å². The van der Waals surface area contributed by atoms with Gasteiger partial charge in [0.1, 0.15) is 28.8 Å². The molecule has 6 heteroatoms. The molecule has 0 unspecified atom stereocenters. The first kappa shape index (κ1) is 12.5. The normalized spacial score (nSPS) is 10.1. The third-order valence-electron chi connectivity index (χ3n) is 2.13. The summed E-state index contributed by atoms with van der Waals surface area (Å²) >= 11 is 3.20. The number of nitrogens with zero attached hydrogens (tertiary/aromatic N) is 1. The van der Waals surface area contributed by atoms with Gasteiger partial charge in [0.15, 0.2) is 0 Å². The minimum atomic E-state index is -0.348. The van der Waals surface area contributed by atoms with E-state index < -0.39 is 0 Å². The van der Waals surface area contributed by atoms with Crippen molar-refractivity contribution in [1.29, 1.82) is 5.41 Å². The molecule has 2 rings (SSSR count). The topological polar surface area (TPSA) is 72.0 Å². The molecule has 0 spiro atoms. The van der Waals surface area contributed by atoms with Crippen molar-refractivity contribution in [3.63, 3.8) is 0 Å². The molecule has 0 amide bonds. The smallest absolute Gasteiger partial charge is 0.145 e. The van der Waals surface area contributed by atoms with Gasteiger partial charge in [-0.3, -0.25) is 5.41 Å². The molecule has 0 radical (unpaired) electrons. The van der Waals surface area contributed by atoms with Gasteiger partial charge < -0.3 is 10.5 Å². The van der Waals surface area contributed by atoms with Gasteiger partial charge in [0.25, 0.3) is 0 Å². The van der Waals surface area contributed by atoms with E-state index >= 15 is 0 Å². The monoisotopic (exact) mass is 309 g/mol. The lowest BCUT2D eigenvalue weighted by atomic mass is 10.3. The summed E-state index contributed by atoms with van der Waals surface area (Å²) < 4.78 is 18.9. The number of nitrogens with one attached hydrogen (secondary N) is 1. The maximum absolute atomic E-state index is 12.9. The molecule has 0 aliphatic rings. The number of aromatic nitrogens is 1. The predicted molar refractivity (Wildman–Crippen MR) is 69.4 cm³/mol. The fourth-order valence-corrected chi connectivity index (χ4v) is 1.72. The summed E-state index contributed by atoms with van der Waals surface area (Å²) in [5.74, 6) is 0.505. The second-order valence-electron chi connectivity index (χ2n) is 3.47. The van der Waals surface area contributed by atoms with E-state index in [0.717, 1.165) is 0 Å². The first-order chi connectivity index (χ1) is 8.56. The zero-order valence-corrected chi connectivity index (χ0v) is 10.7. The van der Waals surface area contributed by atoms with Gasteiger partial charge in [0, 0.05) is 0 Å². The van der Waals surface area contributed by atoms with Crippen LogP contribution in [0.4, 0.5) is 4.39 Å². The lowest BCUT2D eigenvalue weighted by Gasteiger charge is -2.07. The number of benzene rings is 1. The molecule has 4 nitrogen and oxygen atoms in total. The highest BCUT2D eigenvalue weighted by atomic mass is 79.9. The minimum Gasteiger partial charge on any atom is -0.455 e. The van der Waals surface area contributed by atoms with Crippen LogP contribution in [0.3, 0.4) is 0 Å². The van der Waals surface area contributed by atoms with E-state index in [-0.39, 0.29) is 11.7 Å². The highest BCUT2D eigenvalue weighted by Gasteiger charge is 2.05. The van der Waals surface area contributed by atoms with Gasteiger partial charge in [-0.05, 0) is 46.3 Å². The third-order valence-corrected chi connectivity index (χ3v) is 2.75. The van der Waals surface area contributed by atoms with Crippen molar-refractivity contribution in [2.75, 3.05) is 0 Å². The van der Waals surface area contributed by atoms with Gasteiger partial charge in [-0.2, -0.15) is 0 Å². The molecule has 0 saturated carbocycles. The van der Waals surface area contributed by atoms with Crippen LogP contribution in [0.1, 0.15) is 5.69 Å². The second-order valence-corrected chi connectivity index (χ2v) is 4.32. The van der Waals surface area contributed by atoms with Gasteiger partial charge in [0.2, 0.25) is 0 Å². The molecule has 0 atom stereocenters. The quantitative estimate of drug-likeness (QED) is 0.676. The number of pyridine rings is 1. The number of nitrogens with two attached hydrogens (primary N) is 1. The summed E-state index contributed by atoms with van der Waals surface area (Å²) in [6.45, 7) is 0. The van der Waals surface area contributed by atoms with Crippen molar-refractivity contribution >= 4 is 21.8 Å². The minimum absolute atomic E-state index is 0.107. The molecule has 0 fully saturated rings. The SMILES string of the molecule is N=C(N)c1ccc(Oc2ccc(F)cc2Br)cn1. The predicted octanol–water partition coefficient (Wildman–Crippen LogP) is 3.06. The molecule has 0 aliphatic carbocycles. The molecular weight excluding hydrogens is 301 g/mol. The van der Waals surface area contributed by atoms with E-state index in [4.69, 9.17) is 15.9 Å². The van der Waals surface area contributed by atoms with Crippen LogP contribution in [-0.4, -0.2) is 10.8 Å². The molecule has 1 aromatic carbocycles. The Hall–Kier alpha value is -1.95. The number of halogens is 2. The number of ether oxygens (including phenoxy) is 1. The molecule has 1 heterocycles. The molecule has 92 valence electrons. The third kappa shape index (κ3) is 2.84. The Labute approximate surface area is 111 Å². The number of nitrogen functional groups attached to an aromatic ring is 1. The van der Waals surface area contributed by atoms with Gasteiger partial charge in [0.05, 0.1) is 10.7 Å².